The molecule has 0 aromatic carbocycles. The van der Waals surface area contributed by atoms with Crippen molar-refractivity contribution in [2.24, 2.45) is 0 Å². The smallest absolute Gasteiger partial charge is 0.264 e. The molecule has 2 aliphatic rings. The van der Waals surface area contributed by atoms with Gasteiger partial charge in [-0.1, -0.05) is 0 Å². The molecule has 2 fully saturated rings. The summed E-state index contributed by atoms with van der Waals surface area (Å²) in [6.45, 7) is 7.14. The molecule has 0 aliphatic carbocycles. The minimum atomic E-state index is 0.121. The number of hydrogen-bond donors (Lipinski definition) is 1. The monoisotopic (exact) mass is 389 g/mol. The van der Waals surface area contributed by atoms with Gasteiger partial charge in [0.25, 0.3) is 5.91 Å². The predicted octanol–water partition coefficient (Wildman–Crippen LogP) is 2.37. The molecule has 4 rings (SSSR count). The van der Waals surface area contributed by atoms with Crippen molar-refractivity contribution in [3.63, 3.8) is 0 Å². The second kappa shape index (κ2) is 8.08. The molecule has 146 valence electrons. The number of nitrogens with zero attached hydrogens (tertiary/aromatic N) is 4. The highest BCUT2D eigenvalue weighted by atomic mass is 32.1. The Labute approximate surface area is 163 Å². The van der Waals surface area contributed by atoms with E-state index < -0.39 is 0 Å². The number of ether oxygens (including phenoxy) is 1. The fraction of sp³-hybridized carbons (Fsp3) is 0.632. The summed E-state index contributed by atoms with van der Waals surface area (Å²) in [6, 6.07) is 0. The van der Waals surface area contributed by atoms with Gasteiger partial charge in [-0.15, -0.1) is 11.3 Å². The van der Waals surface area contributed by atoms with Crippen molar-refractivity contribution in [2.45, 2.75) is 32.3 Å². The van der Waals surface area contributed by atoms with Crippen LogP contribution in [0.3, 0.4) is 0 Å². The molecule has 0 bridgehead atoms. The molecule has 2 aromatic rings. The van der Waals surface area contributed by atoms with Gasteiger partial charge in [-0.05, 0) is 45.3 Å². The summed E-state index contributed by atoms with van der Waals surface area (Å²) < 4.78 is 5.69. The van der Waals surface area contributed by atoms with Crippen LogP contribution < -0.4 is 5.32 Å². The Morgan fingerprint density at radius 2 is 2.19 bits per heavy atom. The van der Waals surface area contributed by atoms with Crippen molar-refractivity contribution >= 4 is 33.3 Å². The van der Waals surface area contributed by atoms with Gasteiger partial charge in [0.15, 0.2) is 0 Å². The summed E-state index contributed by atoms with van der Waals surface area (Å²) in [5.41, 5.74) is 0.980. The Kier molecular flexibility index (Phi) is 5.56. The summed E-state index contributed by atoms with van der Waals surface area (Å²) in [5.74, 6) is 0.926. The number of hydrogen-bond acceptors (Lipinski definition) is 7. The Hall–Kier alpha value is -1.77. The maximum Gasteiger partial charge on any atom is 0.264 e. The number of thiophene rings is 1. The number of carbonyl (C=O) groups excluding carboxylic acids is 1. The molecule has 1 N–H and O–H groups in total. The van der Waals surface area contributed by atoms with E-state index in [0.717, 1.165) is 85.1 Å². The number of likely N-dealkylation sites (N-methyl/N-ethyl adjacent to an activating group) is 1. The molecule has 8 heteroatoms. The summed E-state index contributed by atoms with van der Waals surface area (Å²) in [5, 5.41) is 4.39. The average molecular weight is 390 g/mol. The lowest BCUT2D eigenvalue weighted by atomic mass is 10.1. The van der Waals surface area contributed by atoms with E-state index in [1.807, 2.05) is 11.8 Å². The van der Waals surface area contributed by atoms with Crippen LogP contribution in [0.4, 0.5) is 5.82 Å². The van der Waals surface area contributed by atoms with Crippen molar-refractivity contribution < 1.29 is 9.53 Å². The zero-order chi connectivity index (χ0) is 18.8. The first kappa shape index (κ1) is 18.6. The molecule has 1 amide bonds. The van der Waals surface area contributed by atoms with Gasteiger partial charge in [0.2, 0.25) is 0 Å². The summed E-state index contributed by atoms with van der Waals surface area (Å²) >= 11 is 1.48. The normalized spacial score (nSPS) is 21.6. The standard InChI is InChI=1S/C19H27N5O2S/c1-13-15-17(20-11-14-5-3-10-26-14)21-12-22-18(15)27-16(13)19(25)24-7-4-6-23(2)8-9-24/h12,14H,3-11H2,1-2H3,(H,20,21,22). The van der Waals surface area contributed by atoms with Gasteiger partial charge in [0.1, 0.15) is 17.0 Å². The molecule has 2 saturated heterocycles. The van der Waals surface area contributed by atoms with Crippen LogP contribution in [0.5, 0.6) is 0 Å². The first-order valence-corrected chi connectivity index (χ1v) is 10.5. The molecule has 4 heterocycles. The Bertz CT molecular complexity index is 818. The topological polar surface area (TPSA) is 70.6 Å². The number of fused-ring (bicyclic) bond motifs is 1. The number of aryl methyl sites for hydroxylation is 1. The van der Waals surface area contributed by atoms with Crippen LogP contribution in [-0.4, -0.2) is 78.2 Å². The van der Waals surface area contributed by atoms with E-state index in [1.54, 1.807) is 6.33 Å². The van der Waals surface area contributed by atoms with Gasteiger partial charge in [-0.25, -0.2) is 9.97 Å². The highest BCUT2D eigenvalue weighted by Gasteiger charge is 2.25. The first-order chi connectivity index (χ1) is 13.1. The summed E-state index contributed by atoms with van der Waals surface area (Å²) in [4.78, 5) is 27.9. The van der Waals surface area contributed by atoms with Gasteiger partial charge in [-0.2, -0.15) is 0 Å². The Balaban J connectivity index is 1.57. The zero-order valence-electron chi connectivity index (χ0n) is 16.0. The molecular weight excluding hydrogens is 362 g/mol. The van der Waals surface area contributed by atoms with Gasteiger partial charge in [-0.3, -0.25) is 4.79 Å². The lowest BCUT2D eigenvalue weighted by Gasteiger charge is -2.20. The molecule has 7 nitrogen and oxygen atoms in total. The van der Waals surface area contributed by atoms with Gasteiger partial charge in [0.05, 0.1) is 16.4 Å². The maximum absolute atomic E-state index is 13.2. The Morgan fingerprint density at radius 3 is 3.00 bits per heavy atom. The Morgan fingerprint density at radius 1 is 1.30 bits per heavy atom. The van der Waals surface area contributed by atoms with Crippen LogP contribution in [0.1, 0.15) is 34.5 Å². The SMILES string of the molecule is Cc1c(C(=O)N2CCCN(C)CC2)sc2ncnc(NCC3CCCO3)c12. The molecule has 0 spiro atoms. The molecule has 1 atom stereocenters. The first-order valence-electron chi connectivity index (χ1n) is 9.71. The van der Waals surface area contributed by atoms with Gasteiger partial charge < -0.3 is 19.9 Å². The van der Waals surface area contributed by atoms with Crippen LogP contribution >= 0.6 is 11.3 Å². The fourth-order valence-corrected chi connectivity index (χ4v) is 4.94. The summed E-state index contributed by atoms with van der Waals surface area (Å²) in [7, 11) is 2.11. The molecular formula is C19H27N5O2S. The van der Waals surface area contributed by atoms with Crippen LogP contribution in [0.2, 0.25) is 0 Å². The van der Waals surface area contributed by atoms with Gasteiger partial charge >= 0.3 is 0 Å². The molecule has 1 unspecified atom stereocenters. The van der Waals surface area contributed by atoms with Crippen LogP contribution in [0, 0.1) is 6.92 Å². The molecule has 2 aromatic heterocycles. The number of rotatable bonds is 4. The number of nitrogens with one attached hydrogen (secondary N) is 1. The van der Waals surface area contributed by atoms with E-state index in [1.165, 1.54) is 11.3 Å². The van der Waals surface area contributed by atoms with Gasteiger partial charge in [0, 0.05) is 32.8 Å². The predicted molar refractivity (Wildman–Crippen MR) is 108 cm³/mol. The highest BCUT2D eigenvalue weighted by Crippen LogP contribution is 2.34. The van der Waals surface area contributed by atoms with E-state index >= 15 is 0 Å². The van der Waals surface area contributed by atoms with Crippen molar-refractivity contribution in [2.75, 3.05) is 51.7 Å². The summed E-state index contributed by atoms with van der Waals surface area (Å²) in [6.07, 6.45) is 5.03. The van der Waals surface area contributed by atoms with Crippen LogP contribution in [-0.2, 0) is 4.74 Å². The molecule has 2 aliphatic heterocycles. The number of amides is 1. The molecule has 27 heavy (non-hydrogen) atoms. The minimum absolute atomic E-state index is 0.121. The van der Waals surface area contributed by atoms with Crippen molar-refractivity contribution in [1.29, 1.82) is 0 Å². The third kappa shape index (κ3) is 3.93. The van der Waals surface area contributed by atoms with E-state index in [4.69, 9.17) is 4.74 Å². The second-order valence-corrected chi connectivity index (χ2v) is 8.42. The van der Waals surface area contributed by atoms with Crippen molar-refractivity contribution in [3.05, 3.63) is 16.8 Å². The van der Waals surface area contributed by atoms with E-state index in [-0.39, 0.29) is 12.0 Å². The second-order valence-electron chi connectivity index (χ2n) is 7.42. The van der Waals surface area contributed by atoms with Crippen molar-refractivity contribution in [1.82, 2.24) is 19.8 Å². The molecule has 0 saturated carbocycles. The van der Waals surface area contributed by atoms with E-state index in [9.17, 15) is 4.79 Å². The lowest BCUT2D eigenvalue weighted by molar-refractivity contribution is 0.0767. The molecule has 0 radical (unpaired) electrons. The quantitative estimate of drug-likeness (QED) is 0.866. The van der Waals surface area contributed by atoms with E-state index in [2.05, 4.69) is 27.2 Å². The largest absolute Gasteiger partial charge is 0.376 e. The third-order valence-corrected chi connectivity index (χ3v) is 6.64. The third-order valence-electron chi connectivity index (χ3n) is 5.45. The minimum Gasteiger partial charge on any atom is -0.376 e. The lowest BCUT2D eigenvalue weighted by Crippen LogP contribution is -2.34. The number of carbonyl (C=O) groups is 1. The van der Waals surface area contributed by atoms with Crippen LogP contribution in [0.25, 0.3) is 10.2 Å². The number of aromatic nitrogens is 2. The van der Waals surface area contributed by atoms with Crippen molar-refractivity contribution in [3.8, 4) is 0 Å². The maximum atomic E-state index is 13.2. The zero-order valence-corrected chi connectivity index (χ0v) is 16.8. The van der Waals surface area contributed by atoms with Crippen LogP contribution in [0.15, 0.2) is 6.33 Å². The highest BCUT2D eigenvalue weighted by molar-refractivity contribution is 7.20. The number of anilines is 1. The van der Waals surface area contributed by atoms with E-state index in [0.29, 0.717) is 0 Å². The fourth-order valence-electron chi connectivity index (χ4n) is 3.82. The average Bonchev–Trinajstić information content (AvgIpc) is 3.24.